The molecule has 1 aromatic carbocycles. The van der Waals surface area contributed by atoms with Gasteiger partial charge in [0.2, 0.25) is 11.8 Å². The summed E-state index contributed by atoms with van der Waals surface area (Å²) in [6, 6.07) is 11.3. The van der Waals surface area contributed by atoms with Crippen LogP contribution in [0.5, 0.6) is 0 Å². The lowest BCUT2D eigenvalue weighted by molar-refractivity contribution is -0.139. The third-order valence-electron chi connectivity index (χ3n) is 4.14. The van der Waals surface area contributed by atoms with Crippen LogP contribution in [0.2, 0.25) is 0 Å². The number of benzene rings is 1. The van der Waals surface area contributed by atoms with Gasteiger partial charge in [-0.1, -0.05) is 28.1 Å². The molecule has 5 nitrogen and oxygen atoms in total. The van der Waals surface area contributed by atoms with E-state index in [4.69, 9.17) is 0 Å². The molecule has 124 valence electrons. The minimum atomic E-state index is -0.606. The predicted octanol–water partition coefficient (Wildman–Crippen LogP) is 2.86. The van der Waals surface area contributed by atoms with Gasteiger partial charge in [-0.3, -0.25) is 14.6 Å². The number of carbonyl (C=O) groups excluding carboxylic acids is 2. The molecule has 6 heteroatoms. The number of pyridine rings is 1. The number of carbonyl (C=O) groups is 2. The van der Waals surface area contributed by atoms with Crippen LogP contribution in [0, 0.1) is 5.92 Å². The molecule has 3 rings (SSSR count). The third kappa shape index (κ3) is 3.48. The number of halogens is 1. The Labute approximate surface area is 149 Å². The maximum absolute atomic E-state index is 12.7. The van der Waals surface area contributed by atoms with Crippen molar-refractivity contribution in [1.82, 2.24) is 9.88 Å². The molecule has 0 spiro atoms. The molecule has 1 atom stereocenters. The van der Waals surface area contributed by atoms with Gasteiger partial charge in [-0.25, -0.2) is 0 Å². The molecule has 0 saturated carbocycles. The summed E-state index contributed by atoms with van der Waals surface area (Å²) in [5.41, 5.74) is 1.77. The van der Waals surface area contributed by atoms with Gasteiger partial charge in [0.15, 0.2) is 0 Å². The molecule has 0 aliphatic carbocycles. The quantitative estimate of drug-likeness (QED) is 0.757. The van der Waals surface area contributed by atoms with E-state index < -0.39 is 5.92 Å². The number of hydrogen-bond acceptors (Lipinski definition) is 3. The molecule has 1 fully saturated rings. The van der Waals surface area contributed by atoms with Gasteiger partial charge >= 0.3 is 0 Å². The molecule has 1 aromatic heterocycles. The minimum Gasteiger partial charge on any atom is -0.341 e. The molecule has 2 aromatic rings. The van der Waals surface area contributed by atoms with Gasteiger partial charge in [-0.15, -0.1) is 0 Å². The number of nitrogens with zero attached hydrogens (tertiary/aromatic N) is 3. The third-order valence-corrected chi connectivity index (χ3v) is 4.64. The first kappa shape index (κ1) is 16.6. The molecule has 2 heterocycles. The molecule has 0 N–H and O–H groups in total. The van der Waals surface area contributed by atoms with Crippen molar-refractivity contribution in [2.75, 3.05) is 18.5 Å². The standard InChI is InChI=1S/C18H18BrN3O2/c1-21(12-13-4-3-8-20-11-13)17(23)16-7-9-22(18(16)24)15-6-2-5-14(19)10-15/h2-6,8,10-11,16H,7,9,12H2,1H3. The Morgan fingerprint density at radius 3 is 2.92 bits per heavy atom. The largest absolute Gasteiger partial charge is 0.341 e. The average molecular weight is 388 g/mol. The lowest BCUT2D eigenvalue weighted by Crippen LogP contribution is -2.37. The van der Waals surface area contributed by atoms with Gasteiger partial charge < -0.3 is 9.80 Å². The van der Waals surface area contributed by atoms with E-state index in [1.807, 2.05) is 36.4 Å². The molecule has 24 heavy (non-hydrogen) atoms. The molecular weight excluding hydrogens is 370 g/mol. The first-order valence-electron chi connectivity index (χ1n) is 7.77. The highest BCUT2D eigenvalue weighted by Crippen LogP contribution is 2.28. The lowest BCUT2D eigenvalue weighted by atomic mass is 10.1. The van der Waals surface area contributed by atoms with Crippen LogP contribution in [0.25, 0.3) is 0 Å². The van der Waals surface area contributed by atoms with Crippen molar-refractivity contribution >= 4 is 33.4 Å². The van der Waals surface area contributed by atoms with Gasteiger partial charge in [-0.05, 0) is 36.2 Å². The summed E-state index contributed by atoms with van der Waals surface area (Å²) in [5, 5.41) is 0. The molecule has 1 aliphatic heterocycles. The fraction of sp³-hybridized carbons (Fsp3) is 0.278. The Bertz CT molecular complexity index is 751. The number of amides is 2. The van der Waals surface area contributed by atoms with Crippen molar-refractivity contribution in [2.24, 2.45) is 5.92 Å². The maximum atomic E-state index is 12.7. The summed E-state index contributed by atoms with van der Waals surface area (Å²) in [4.78, 5) is 32.7. The van der Waals surface area contributed by atoms with Gasteiger partial charge in [0.25, 0.3) is 0 Å². The van der Waals surface area contributed by atoms with Crippen LogP contribution in [0.15, 0.2) is 53.3 Å². The lowest BCUT2D eigenvalue weighted by Gasteiger charge is -2.21. The van der Waals surface area contributed by atoms with Crippen LogP contribution in [0.3, 0.4) is 0 Å². The Kier molecular flexibility index (Phi) is 4.94. The normalized spacial score (nSPS) is 17.2. The number of rotatable bonds is 4. The second-order valence-electron chi connectivity index (χ2n) is 5.87. The van der Waals surface area contributed by atoms with E-state index in [0.717, 1.165) is 15.7 Å². The highest BCUT2D eigenvalue weighted by molar-refractivity contribution is 9.10. The molecule has 1 saturated heterocycles. The summed E-state index contributed by atoms with van der Waals surface area (Å²) in [6.45, 7) is 1.01. The van der Waals surface area contributed by atoms with Crippen molar-refractivity contribution in [3.05, 3.63) is 58.8 Å². The molecule has 0 bridgehead atoms. The number of anilines is 1. The SMILES string of the molecule is CN(Cc1cccnc1)C(=O)C1CCN(c2cccc(Br)c2)C1=O. The summed E-state index contributed by atoms with van der Waals surface area (Å²) < 4.78 is 0.913. The zero-order chi connectivity index (χ0) is 17.1. The van der Waals surface area contributed by atoms with Gasteiger partial charge in [-0.2, -0.15) is 0 Å². The molecule has 0 radical (unpaired) electrons. The molecule has 1 unspecified atom stereocenters. The number of aromatic nitrogens is 1. The predicted molar refractivity (Wildman–Crippen MR) is 95.3 cm³/mol. The van der Waals surface area contributed by atoms with Crippen LogP contribution >= 0.6 is 15.9 Å². The molecule has 1 aliphatic rings. The first-order chi connectivity index (χ1) is 11.6. The van der Waals surface area contributed by atoms with E-state index in [1.165, 1.54) is 0 Å². The smallest absolute Gasteiger partial charge is 0.239 e. The van der Waals surface area contributed by atoms with E-state index in [9.17, 15) is 9.59 Å². The van der Waals surface area contributed by atoms with Gasteiger partial charge in [0, 0.05) is 42.7 Å². The zero-order valence-corrected chi connectivity index (χ0v) is 14.9. The van der Waals surface area contributed by atoms with Crippen LogP contribution < -0.4 is 4.90 Å². The average Bonchev–Trinajstić information content (AvgIpc) is 2.96. The Balaban J connectivity index is 1.69. The second-order valence-corrected chi connectivity index (χ2v) is 6.78. The highest BCUT2D eigenvalue weighted by atomic mass is 79.9. The summed E-state index contributed by atoms with van der Waals surface area (Å²) in [5.74, 6) is -0.872. The van der Waals surface area contributed by atoms with Crippen molar-refractivity contribution in [1.29, 1.82) is 0 Å². The van der Waals surface area contributed by atoms with Crippen LogP contribution in [0.1, 0.15) is 12.0 Å². The first-order valence-corrected chi connectivity index (χ1v) is 8.56. The summed E-state index contributed by atoms with van der Waals surface area (Å²) in [7, 11) is 1.73. The van der Waals surface area contributed by atoms with Crippen LogP contribution in [-0.4, -0.2) is 35.3 Å². The fourth-order valence-electron chi connectivity index (χ4n) is 2.92. The maximum Gasteiger partial charge on any atom is 0.239 e. The van der Waals surface area contributed by atoms with E-state index in [2.05, 4.69) is 20.9 Å². The van der Waals surface area contributed by atoms with Gasteiger partial charge in [0.1, 0.15) is 5.92 Å². The van der Waals surface area contributed by atoms with Crippen molar-refractivity contribution < 1.29 is 9.59 Å². The topological polar surface area (TPSA) is 53.5 Å². The Morgan fingerprint density at radius 2 is 2.21 bits per heavy atom. The van der Waals surface area contributed by atoms with E-state index >= 15 is 0 Å². The highest BCUT2D eigenvalue weighted by Gasteiger charge is 2.38. The second kappa shape index (κ2) is 7.13. The van der Waals surface area contributed by atoms with Crippen molar-refractivity contribution in [3.8, 4) is 0 Å². The van der Waals surface area contributed by atoms with E-state index in [1.54, 1.807) is 29.2 Å². The van der Waals surface area contributed by atoms with Crippen molar-refractivity contribution in [2.45, 2.75) is 13.0 Å². The summed E-state index contributed by atoms with van der Waals surface area (Å²) in [6.07, 6.45) is 3.97. The van der Waals surface area contributed by atoms with E-state index in [-0.39, 0.29) is 11.8 Å². The number of hydrogen-bond donors (Lipinski definition) is 0. The Morgan fingerprint density at radius 1 is 1.38 bits per heavy atom. The zero-order valence-electron chi connectivity index (χ0n) is 13.4. The molecular formula is C18H18BrN3O2. The fourth-order valence-corrected chi connectivity index (χ4v) is 3.31. The Hall–Kier alpha value is -2.21. The monoisotopic (exact) mass is 387 g/mol. The molecule has 2 amide bonds. The van der Waals surface area contributed by atoms with Crippen LogP contribution in [0.4, 0.5) is 5.69 Å². The van der Waals surface area contributed by atoms with Gasteiger partial charge in [0.05, 0.1) is 0 Å². The van der Waals surface area contributed by atoms with E-state index in [0.29, 0.717) is 19.5 Å². The van der Waals surface area contributed by atoms with Crippen LogP contribution in [-0.2, 0) is 16.1 Å². The minimum absolute atomic E-state index is 0.129. The van der Waals surface area contributed by atoms with Crippen molar-refractivity contribution in [3.63, 3.8) is 0 Å². The summed E-state index contributed by atoms with van der Waals surface area (Å²) >= 11 is 3.41.